The molecular formula is C15H27N3O3. The highest BCUT2D eigenvalue weighted by Crippen LogP contribution is 2.37. The first-order chi connectivity index (χ1) is 9.65. The lowest BCUT2D eigenvalue weighted by atomic mass is 9.90. The molecule has 0 spiro atoms. The number of nitrogens with two attached hydrogens (primary N) is 1. The van der Waals surface area contributed by atoms with Crippen LogP contribution in [-0.4, -0.2) is 29.8 Å². The zero-order chi connectivity index (χ0) is 16.2. The number of nitrogens with one attached hydrogen (secondary N) is 2. The standard InChI is InChI=1S/C15H27N3O3/c1-9(2)8-15(4,14(16)21)18-12(19)5-6-17-13(20)11-7-10(11)3/h9-11H,5-8H2,1-4H3,(H2,16,21)(H,17,20)(H,18,19)/t10-,11-,15+/m1/s1. The van der Waals surface area contributed by atoms with E-state index in [0.29, 0.717) is 12.3 Å². The first kappa shape index (κ1) is 17.5. The summed E-state index contributed by atoms with van der Waals surface area (Å²) in [5.74, 6) is -0.0246. The Bertz CT molecular complexity index is 422. The molecule has 1 fully saturated rings. The van der Waals surface area contributed by atoms with E-state index in [-0.39, 0.29) is 36.6 Å². The highest BCUT2D eigenvalue weighted by atomic mass is 16.2. The van der Waals surface area contributed by atoms with Crippen molar-refractivity contribution in [1.29, 1.82) is 0 Å². The van der Waals surface area contributed by atoms with Crippen LogP contribution in [0, 0.1) is 17.8 Å². The zero-order valence-electron chi connectivity index (χ0n) is 13.4. The monoisotopic (exact) mass is 297 g/mol. The third-order valence-corrected chi connectivity index (χ3v) is 3.87. The van der Waals surface area contributed by atoms with Crippen LogP contribution in [0.15, 0.2) is 0 Å². The van der Waals surface area contributed by atoms with Gasteiger partial charge in [0, 0.05) is 18.9 Å². The van der Waals surface area contributed by atoms with E-state index < -0.39 is 11.4 Å². The van der Waals surface area contributed by atoms with Gasteiger partial charge in [0.05, 0.1) is 0 Å². The summed E-state index contributed by atoms with van der Waals surface area (Å²) in [5.41, 5.74) is 4.34. The summed E-state index contributed by atoms with van der Waals surface area (Å²) < 4.78 is 0. The number of primary amides is 1. The van der Waals surface area contributed by atoms with Gasteiger partial charge in [0.15, 0.2) is 0 Å². The lowest BCUT2D eigenvalue weighted by Crippen LogP contribution is -2.56. The molecular weight excluding hydrogens is 270 g/mol. The van der Waals surface area contributed by atoms with E-state index in [1.807, 2.05) is 20.8 Å². The summed E-state index contributed by atoms with van der Waals surface area (Å²) in [4.78, 5) is 35.1. The molecule has 0 aliphatic heterocycles. The van der Waals surface area contributed by atoms with Crippen LogP contribution in [0.25, 0.3) is 0 Å². The van der Waals surface area contributed by atoms with Gasteiger partial charge in [-0.2, -0.15) is 0 Å². The third-order valence-electron chi connectivity index (χ3n) is 3.87. The Balaban J connectivity index is 2.36. The molecule has 1 aliphatic carbocycles. The molecule has 6 nitrogen and oxygen atoms in total. The second-order valence-corrected chi connectivity index (χ2v) is 6.70. The van der Waals surface area contributed by atoms with Crippen molar-refractivity contribution in [2.24, 2.45) is 23.5 Å². The molecule has 0 unspecified atom stereocenters. The Morgan fingerprint density at radius 3 is 2.33 bits per heavy atom. The zero-order valence-corrected chi connectivity index (χ0v) is 13.4. The van der Waals surface area contributed by atoms with Crippen molar-refractivity contribution >= 4 is 17.7 Å². The fourth-order valence-electron chi connectivity index (χ4n) is 2.52. The maximum absolute atomic E-state index is 11.9. The maximum Gasteiger partial charge on any atom is 0.242 e. The van der Waals surface area contributed by atoms with Gasteiger partial charge in [-0.1, -0.05) is 20.8 Å². The minimum Gasteiger partial charge on any atom is -0.368 e. The normalized spacial score (nSPS) is 23.3. The second kappa shape index (κ2) is 6.91. The third kappa shape index (κ3) is 5.36. The second-order valence-electron chi connectivity index (χ2n) is 6.70. The summed E-state index contributed by atoms with van der Waals surface area (Å²) in [7, 11) is 0. The number of carbonyl (C=O) groups excluding carboxylic acids is 3. The molecule has 0 aromatic heterocycles. The van der Waals surface area contributed by atoms with Gasteiger partial charge in [0.25, 0.3) is 0 Å². The van der Waals surface area contributed by atoms with Gasteiger partial charge in [0.2, 0.25) is 17.7 Å². The van der Waals surface area contributed by atoms with Crippen molar-refractivity contribution in [2.75, 3.05) is 6.54 Å². The molecule has 0 aromatic rings. The first-order valence-electron chi connectivity index (χ1n) is 7.54. The van der Waals surface area contributed by atoms with E-state index in [4.69, 9.17) is 5.73 Å². The molecule has 3 atom stereocenters. The molecule has 0 saturated heterocycles. The van der Waals surface area contributed by atoms with E-state index in [1.54, 1.807) is 6.92 Å². The maximum atomic E-state index is 11.9. The summed E-state index contributed by atoms with van der Waals surface area (Å²) in [6, 6.07) is 0. The number of hydrogen-bond donors (Lipinski definition) is 3. The quantitative estimate of drug-likeness (QED) is 0.610. The van der Waals surface area contributed by atoms with Crippen LogP contribution < -0.4 is 16.4 Å². The molecule has 4 N–H and O–H groups in total. The van der Waals surface area contributed by atoms with Crippen molar-refractivity contribution in [3.05, 3.63) is 0 Å². The fourth-order valence-corrected chi connectivity index (χ4v) is 2.52. The van der Waals surface area contributed by atoms with Crippen LogP contribution in [-0.2, 0) is 14.4 Å². The predicted molar refractivity (Wildman–Crippen MR) is 80.1 cm³/mol. The molecule has 0 radical (unpaired) electrons. The molecule has 1 saturated carbocycles. The predicted octanol–water partition coefficient (Wildman–Crippen LogP) is 0.555. The van der Waals surface area contributed by atoms with Crippen LogP contribution >= 0.6 is 0 Å². The molecule has 1 aliphatic rings. The molecule has 0 aromatic carbocycles. The largest absolute Gasteiger partial charge is 0.368 e. The van der Waals surface area contributed by atoms with E-state index in [9.17, 15) is 14.4 Å². The van der Waals surface area contributed by atoms with E-state index in [1.165, 1.54) is 0 Å². The molecule has 0 heterocycles. The number of amides is 3. The van der Waals surface area contributed by atoms with Gasteiger partial charge in [-0.25, -0.2) is 0 Å². The first-order valence-corrected chi connectivity index (χ1v) is 7.54. The average molecular weight is 297 g/mol. The highest BCUT2D eigenvalue weighted by molar-refractivity contribution is 5.90. The smallest absolute Gasteiger partial charge is 0.242 e. The van der Waals surface area contributed by atoms with Crippen LogP contribution in [0.5, 0.6) is 0 Å². The van der Waals surface area contributed by atoms with Crippen molar-refractivity contribution in [3.63, 3.8) is 0 Å². The minimum atomic E-state index is -1.04. The Hall–Kier alpha value is -1.59. The number of rotatable bonds is 8. The van der Waals surface area contributed by atoms with Gasteiger partial charge in [0.1, 0.15) is 5.54 Å². The number of hydrogen-bond acceptors (Lipinski definition) is 3. The van der Waals surface area contributed by atoms with E-state index >= 15 is 0 Å². The van der Waals surface area contributed by atoms with Crippen LogP contribution in [0.3, 0.4) is 0 Å². The Labute approximate surface area is 126 Å². The van der Waals surface area contributed by atoms with Gasteiger partial charge in [-0.05, 0) is 31.6 Å². The molecule has 3 amide bonds. The van der Waals surface area contributed by atoms with Crippen LogP contribution in [0.4, 0.5) is 0 Å². The van der Waals surface area contributed by atoms with Crippen molar-refractivity contribution in [3.8, 4) is 0 Å². The van der Waals surface area contributed by atoms with Crippen molar-refractivity contribution in [2.45, 2.75) is 52.5 Å². The molecule has 1 rings (SSSR count). The molecule has 6 heteroatoms. The van der Waals surface area contributed by atoms with Crippen molar-refractivity contribution < 1.29 is 14.4 Å². The summed E-state index contributed by atoms with van der Waals surface area (Å²) in [6.07, 6.45) is 1.56. The molecule has 21 heavy (non-hydrogen) atoms. The minimum absolute atomic E-state index is 0.00939. The summed E-state index contributed by atoms with van der Waals surface area (Å²) >= 11 is 0. The number of carbonyl (C=O) groups is 3. The topological polar surface area (TPSA) is 101 Å². The Kier molecular flexibility index (Phi) is 5.75. The van der Waals surface area contributed by atoms with Crippen LogP contribution in [0.1, 0.15) is 47.0 Å². The summed E-state index contributed by atoms with van der Waals surface area (Å²) in [5, 5.41) is 5.43. The Morgan fingerprint density at radius 2 is 1.90 bits per heavy atom. The van der Waals surface area contributed by atoms with Crippen molar-refractivity contribution in [1.82, 2.24) is 10.6 Å². The van der Waals surface area contributed by atoms with E-state index in [0.717, 1.165) is 6.42 Å². The Morgan fingerprint density at radius 1 is 1.33 bits per heavy atom. The van der Waals surface area contributed by atoms with E-state index in [2.05, 4.69) is 10.6 Å². The molecule has 120 valence electrons. The fraction of sp³-hybridized carbons (Fsp3) is 0.800. The van der Waals surface area contributed by atoms with Gasteiger partial charge in [-0.15, -0.1) is 0 Å². The average Bonchev–Trinajstić information content (AvgIpc) is 3.04. The van der Waals surface area contributed by atoms with Gasteiger partial charge >= 0.3 is 0 Å². The SMILES string of the molecule is CC(C)C[C@](C)(NC(=O)CCNC(=O)[C@@H]1C[C@H]1C)C(N)=O. The highest BCUT2D eigenvalue weighted by Gasteiger charge is 2.39. The molecule has 0 bridgehead atoms. The lowest BCUT2D eigenvalue weighted by Gasteiger charge is -2.29. The van der Waals surface area contributed by atoms with Gasteiger partial charge < -0.3 is 16.4 Å². The lowest BCUT2D eigenvalue weighted by molar-refractivity contribution is -0.131. The van der Waals surface area contributed by atoms with Crippen LogP contribution in [0.2, 0.25) is 0 Å². The van der Waals surface area contributed by atoms with Gasteiger partial charge in [-0.3, -0.25) is 14.4 Å². The summed E-state index contributed by atoms with van der Waals surface area (Å²) in [6.45, 7) is 7.87.